The SMILES string of the molecule is CCC(CC)Nc1nc(Nc2ccc3c(c2)B(O)OC3(C)C)ncc1C. The van der Waals surface area contributed by atoms with Gasteiger partial charge in [-0.1, -0.05) is 19.9 Å². The predicted octanol–water partition coefficient (Wildman–Crippen LogP) is 3.08. The van der Waals surface area contributed by atoms with Gasteiger partial charge in [-0.15, -0.1) is 0 Å². The van der Waals surface area contributed by atoms with E-state index in [9.17, 15) is 5.02 Å². The zero-order valence-corrected chi connectivity index (χ0v) is 16.1. The van der Waals surface area contributed by atoms with Gasteiger partial charge in [0.1, 0.15) is 5.82 Å². The van der Waals surface area contributed by atoms with E-state index in [4.69, 9.17) is 4.65 Å². The molecule has 0 bridgehead atoms. The van der Waals surface area contributed by atoms with Crippen LogP contribution in [0.4, 0.5) is 17.5 Å². The maximum atomic E-state index is 10.2. The largest absolute Gasteiger partial charge is 0.492 e. The lowest BCUT2D eigenvalue weighted by atomic mass is 9.78. The van der Waals surface area contributed by atoms with E-state index in [1.54, 1.807) is 0 Å². The van der Waals surface area contributed by atoms with Crippen LogP contribution in [0.25, 0.3) is 0 Å². The number of aryl methyl sites for hydroxylation is 1. The van der Waals surface area contributed by atoms with Crippen molar-refractivity contribution in [2.24, 2.45) is 0 Å². The van der Waals surface area contributed by atoms with Gasteiger partial charge in [-0.05, 0) is 56.8 Å². The summed E-state index contributed by atoms with van der Waals surface area (Å²) in [6.07, 6.45) is 3.90. The first kappa shape index (κ1) is 18.7. The molecule has 2 heterocycles. The number of rotatable bonds is 6. The van der Waals surface area contributed by atoms with Crippen LogP contribution in [0.2, 0.25) is 0 Å². The minimum Gasteiger partial charge on any atom is -0.423 e. The fraction of sp³-hybridized carbons (Fsp3) is 0.474. The molecule has 1 aromatic carbocycles. The third-order valence-corrected chi connectivity index (χ3v) is 4.93. The molecule has 26 heavy (non-hydrogen) atoms. The lowest BCUT2D eigenvalue weighted by Crippen LogP contribution is -2.28. The molecule has 6 nitrogen and oxygen atoms in total. The number of fused-ring (bicyclic) bond motifs is 1. The number of nitrogens with one attached hydrogen (secondary N) is 2. The van der Waals surface area contributed by atoms with Gasteiger partial charge in [0.05, 0.1) is 5.60 Å². The summed E-state index contributed by atoms with van der Waals surface area (Å²) < 4.78 is 5.61. The molecule has 0 fully saturated rings. The van der Waals surface area contributed by atoms with Crippen molar-refractivity contribution in [2.75, 3.05) is 10.6 Å². The standard InChI is InChI=1S/C19H27BN4O2/c1-6-13(7-2)22-17-12(3)11-21-18(24-17)23-14-8-9-15-16(10-14)20(25)26-19(15,4)5/h8-11,13,25H,6-7H2,1-5H3,(H2,21,22,23,24). The molecule has 3 N–H and O–H groups in total. The highest BCUT2D eigenvalue weighted by Gasteiger charge is 2.40. The maximum absolute atomic E-state index is 10.2. The van der Waals surface area contributed by atoms with Crippen LogP contribution >= 0.6 is 0 Å². The Hall–Kier alpha value is -2.12. The van der Waals surface area contributed by atoms with Crippen LogP contribution in [0.15, 0.2) is 24.4 Å². The third-order valence-electron chi connectivity index (χ3n) is 4.93. The number of benzene rings is 1. The Kier molecular flexibility index (Phi) is 5.21. The zero-order valence-electron chi connectivity index (χ0n) is 16.1. The first-order valence-electron chi connectivity index (χ1n) is 9.21. The average Bonchev–Trinajstić information content (AvgIpc) is 2.84. The summed E-state index contributed by atoms with van der Waals surface area (Å²) in [5, 5.41) is 16.9. The quantitative estimate of drug-likeness (QED) is 0.692. The van der Waals surface area contributed by atoms with Gasteiger partial charge in [-0.3, -0.25) is 0 Å². The van der Waals surface area contributed by atoms with Crippen LogP contribution in [0, 0.1) is 6.92 Å². The van der Waals surface area contributed by atoms with E-state index in [-0.39, 0.29) is 0 Å². The van der Waals surface area contributed by atoms with Crippen molar-refractivity contribution in [3.63, 3.8) is 0 Å². The molecule has 0 spiro atoms. The van der Waals surface area contributed by atoms with Crippen molar-refractivity contribution in [1.82, 2.24) is 9.97 Å². The van der Waals surface area contributed by atoms with E-state index in [1.807, 2.05) is 45.2 Å². The molecule has 0 atom stereocenters. The number of nitrogens with zero attached hydrogens (tertiary/aromatic N) is 2. The van der Waals surface area contributed by atoms with E-state index >= 15 is 0 Å². The molecule has 3 rings (SSSR count). The zero-order chi connectivity index (χ0) is 18.9. The van der Waals surface area contributed by atoms with E-state index in [0.29, 0.717) is 12.0 Å². The summed E-state index contributed by atoms with van der Waals surface area (Å²) in [5.74, 6) is 1.37. The van der Waals surface area contributed by atoms with Gasteiger partial charge < -0.3 is 20.3 Å². The summed E-state index contributed by atoms with van der Waals surface area (Å²) >= 11 is 0. The first-order valence-corrected chi connectivity index (χ1v) is 9.21. The molecule has 1 aliphatic heterocycles. The van der Waals surface area contributed by atoms with Crippen molar-refractivity contribution < 1.29 is 9.68 Å². The van der Waals surface area contributed by atoms with Crippen LogP contribution in [-0.4, -0.2) is 28.2 Å². The van der Waals surface area contributed by atoms with E-state index in [0.717, 1.165) is 40.9 Å². The second-order valence-corrected chi connectivity index (χ2v) is 7.29. The van der Waals surface area contributed by atoms with Crippen LogP contribution in [0.5, 0.6) is 0 Å². The van der Waals surface area contributed by atoms with Crippen molar-refractivity contribution in [1.29, 1.82) is 0 Å². The van der Waals surface area contributed by atoms with Crippen LogP contribution in [0.1, 0.15) is 51.7 Å². The minimum absolute atomic E-state index is 0.394. The second kappa shape index (κ2) is 7.25. The summed E-state index contributed by atoms with van der Waals surface area (Å²) in [6, 6.07) is 6.22. The number of anilines is 3. The Balaban J connectivity index is 1.83. The highest BCUT2D eigenvalue weighted by atomic mass is 16.5. The van der Waals surface area contributed by atoms with Gasteiger partial charge in [-0.25, -0.2) is 4.98 Å². The Morgan fingerprint density at radius 1 is 1.27 bits per heavy atom. The predicted molar refractivity (Wildman–Crippen MR) is 106 cm³/mol. The lowest BCUT2D eigenvalue weighted by molar-refractivity contribution is 0.101. The minimum atomic E-state index is -0.909. The van der Waals surface area contributed by atoms with Crippen LogP contribution < -0.4 is 16.1 Å². The third kappa shape index (κ3) is 3.69. The average molecular weight is 354 g/mol. The fourth-order valence-electron chi connectivity index (χ4n) is 3.26. The molecule has 138 valence electrons. The highest BCUT2D eigenvalue weighted by molar-refractivity contribution is 6.62. The van der Waals surface area contributed by atoms with E-state index in [1.165, 1.54) is 0 Å². The first-order chi connectivity index (χ1) is 12.3. The molecule has 7 heteroatoms. The monoisotopic (exact) mass is 354 g/mol. The molecule has 0 unspecified atom stereocenters. The van der Waals surface area contributed by atoms with Gasteiger partial charge in [0.2, 0.25) is 5.95 Å². The normalized spacial score (nSPS) is 15.3. The molecular formula is C19H27BN4O2. The Bertz CT molecular complexity index is 793. The van der Waals surface area contributed by atoms with E-state index in [2.05, 4.69) is 34.4 Å². The second-order valence-electron chi connectivity index (χ2n) is 7.29. The van der Waals surface area contributed by atoms with Gasteiger partial charge in [0.25, 0.3) is 0 Å². The molecule has 1 aliphatic rings. The Labute approximate surface area is 155 Å². The summed E-state index contributed by atoms with van der Waals surface area (Å²) in [5.41, 5.74) is 3.13. The molecule has 0 amide bonds. The summed E-state index contributed by atoms with van der Waals surface area (Å²) in [4.78, 5) is 9.00. The molecule has 2 aromatic rings. The summed E-state index contributed by atoms with van der Waals surface area (Å²) in [7, 11) is -0.909. The smallest absolute Gasteiger partial charge is 0.423 e. The number of aromatic nitrogens is 2. The maximum Gasteiger partial charge on any atom is 0.492 e. The number of hydrogen-bond donors (Lipinski definition) is 3. The molecule has 0 aliphatic carbocycles. The lowest BCUT2D eigenvalue weighted by Gasteiger charge is -2.19. The topological polar surface area (TPSA) is 79.3 Å². The molecule has 0 radical (unpaired) electrons. The molecule has 0 saturated carbocycles. The molecule has 0 saturated heterocycles. The Morgan fingerprint density at radius 3 is 2.69 bits per heavy atom. The van der Waals surface area contributed by atoms with Gasteiger partial charge in [-0.2, -0.15) is 4.98 Å². The molecule has 1 aromatic heterocycles. The highest BCUT2D eigenvalue weighted by Crippen LogP contribution is 2.31. The number of hydrogen-bond acceptors (Lipinski definition) is 6. The Morgan fingerprint density at radius 2 is 2.00 bits per heavy atom. The fourth-order valence-corrected chi connectivity index (χ4v) is 3.26. The summed E-state index contributed by atoms with van der Waals surface area (Å²) in [6.45, 7) is 10.2. The van der Waals surface area contributed by atoms with Crippen molar-refractivity contribution in [3.05, 3.63) is 35.5 Å². The van der Waals surface area contributed by atoms with Crippen molar-refractivity contribution in [3.8, 4) is 0 Å². The van der Waals surface area contributed by atoms with Gasteiger partial charge in [0.15, 0.2) is 0 Å². The van der Waals surface area contributed by atoms with Crippen LogP contribution in [0.3, 0.4) is 0 Å². The van der Waals surface area contributed by atoms with Crippen molar-refractivity contribution >= 4 is 30.0 Å². The van der Waals surface area contributed by atoms with E-state index < -0.39 is 12.7 Å². The van der Waals surface area contributed by atoms with Gasteiger partial charge >= 0.3 is 7.12 Å². The van der Waals surface area contributed by atoms with Gasteiger partial charge in [0, 0.05) is 23.5 Å². The van der Waals surface area contributed by atoms with Crippen LogP contribution in [-0.2, 0) is 10.3 Å². The van der Waals surface area contributed by atoms with Crippen molar-refractivity contribution in [2.45, 2.75) is 59.1 Å². The molecular weight excluding hydrogens is 327 g/mol.